The Morgan fingerprint density at radius 1 is 1.00 bits per heavy atom. The molecule has 1 aliphatic rings. The topological polar surface area (TPSA) is 52.6 Å². The number of hydrogen-bond donors (Lipinski definition) is 0. The van der Waals surface area contributed by atoms with Gasteiger partial charge in [-0.1, -0.05) is 30.3 Å². The minimum Gasteiger partial charge on any atom is -0.405 e. The van der Waals surface area contributed by atoms with E-state index in [0.29, 0.717) is 11.5 Å². The molecule has 6 heteroatoms. The van der Waals surface area contributed by atoms with E-state index in [1.165, 1.54) is 0 Å². The highest BCUT2D eigenvalue weighted by Gasteiger charge is 2.30. The molecule has 0 N–H and O–H groups in total. The molecule has 0 aromatic heterocycles. The molecule has 0 spiro atoms. The van der Waals surface area contributed by atoms with Crippen molar-refractivity contribution in [2.24, 2.45) is 0 Å². The van der Waals surface area contributed by atoms with E-state index in [-0.39, 0.29) is 11.0 Å². The van der Waals surface area contributed by atoms with Gasteiger partial charge in [0.1, 0.15) is 0 Å². The Bertz CT molecular complexity index is 713. The first-order chi connectivity index (χ1) is 10.1. The average molecular weight is 302 g/mol. The van der Waals surface area contributed by atoms with E-state index in [9.17, 15) is 8.42 Å². The Kier molecular flexibility index (Phi) is 3.84. The first-order valence-electron chi connectivity index (χ1n) is 6.74. The summed E-state index contributed by atoms with van der Waals surface area (Å²) in [6.07, 6.45) is 0.0581. The summed E-state index contributed by atoms with van der Waals surface area (Å²) in [4.78, 5) is 0.559. The molecule has 1 saturated heterocycles. The zero-order valence-corrected chi connectivity index (χ0v) is 12.4. The number of rotatable bonds is 3. The van der Waals surface area contributed by atoms with Crippen molar-refractivity contribution in [2.75, 3.05) is 6.61 Å². The van der Waals surface area contributed by atoms with Crippen LogP contribution < -0.4 is 5.46 Å². The Hall–Kier alpha value is -1.63. The monoisotopic (exact) mass is 302 g/mol. The SMILES string of the molecule is CC1COB(c2ccc(S(=O)(=O)c3ccccc3)cc2)O1. The molecule has 0 aliphatic carbocycles. The van der Waals surface area contributed by atoms with Crippen LogP contribution in [0.15, 0.2) is 64.4 Å². The number of sulfone groups is 1. The van der Waals surface area contributed by atoms with Gasteiger partial charge in [0.05, 0.1) is 22.5 Å². The Balaban J connectivity index is 1.87. The van der Waals surface area contributed by atoms with Crippen LogP contribution in [-0.2, 0) is 19.1 Å². The van der Waals surface area contributed by atoms with E-state index >= 15 is 0 Å². The van der Waals surface area contributed by atoms with Crippen molar-refractivity contribution in [1.82, 2.24) is 0 Å². The largest absolute Gasteiger partial charge is 0.494 e. The third-order valence-electron chi connectivity index (χ3n) is 3.35. The summed E-state index contributed by atoms with van der Waals surface area (Å²) in [5, 5.41) is 0. The molecule has 1 heterocycles. The van der Waals surface area contributed by atoms with Crippen molar-refractivity contribution in [3.8, 4) is 0 Å². The van der Waals surface area contributed by atoms with E-state index in [0.717, 1.165) is 5.46 Å². The Labute approximate surface area is 124 Å². The van der Waals surface area contributed by atoms with Gasteiger partial charge in [-0.2, -0.15) is 0 Å². The highest BCUT2D eigenvalue weighted by atomic mass is 32.2. The molecule has 21 heavy (non-hydrogen) atoms. The highest BCUT2D eigenvalue weighted by Crippen LogP contribution is 2.19. The van der Waals surface area contributed by atoms with Crippen molar-refractivity contribution >= 4 is 22.4 Å². The van der Waals surface area contributed by atoms with E-state index < -0.39 is 17.0 Å². The Morgan fingerprint density at radius 2 is 1.62 bits per heavy atom. The van der Waals surface area contributed by atoms with Gasteiger partial charge in [0.25, 0.3) is 0 Å². The predicted molar refractivity (Wildman–Crippen MR) is 80.2 cm³/mol. The molecule has 0 saturated carbocycles. The van der Waals surface area contributed by atoms with Gasteiger partial charge in [-0.25, -0.2) is 8.42 Å². The molecule has 0 amide bonds. The van der Waals surface area contributed by atoms with Crippen molar-refractivity contribution in [3.63, 3.8) is 0 Å². The van der Waals surface area contributed by atoms with Crippen LogP contribution in [0, 0.1) is 0 Å². The molecule has 4 nitrogen and oxygen atoms in total. The van der Waals surface area contributed by atoms with Gasteiger partial charge in [0.15, 0.2) is 0 Å². The summed E-state index contributed by atoms with van der Waals surface area (Å²) in [6.45, 7) is 2.49. The second kappa shape index (κ2) is 5.64. The van der Waals surface area contributed by atoms with Crippen LogP contribution in [0.1, 0.15) is 6.92 Å². The van der Waals surface area contributed by atoms with Gasteiger partial charge >= 0.3 is 7.12 Å². The molecular formula is C15H15BO4S. The summed E-state index contributed by atoms with van der Waals surface area (Å²) < 4.78 is 36.0. The standard InChI is InChI=1S/C15H15BO4S/c1-12-11-19-16(20-12)13-7-9-15(10-8-13)21(17,18)14-5-3-2-4-6-14/h2-10,12H,11H2,1H3. The van der Waals surface area contributed by atoms with Crippen LogP contribution in [0.2, 0.25) is 0 Å². The maximum Gasteiger partial charge on any atom is 0.494 e. The van der Waals surface area contributed by atoms with Crippen LogP contribution in [-0.4, -0.2) is 28.2 Å². The van der Waals surface area contributed by atoms with Crippen LogP contribution in [0.3, 0.4) is 0 Å². The maximum atomic E-state index is 12.5. The zero-order valence-electron chi connectivity index (χ0n) is 11.6. The molecule has 2 aromatic rings. The molecule has 0 radical (unpaired) electrons. The minimum absolute atomic E-state index is 0.0581. The average Bonchev–Trinajstić information content (AvgIpc) is 2.95. The lowest BCUT2D eigenvalue weighted by molar-refractivity contribution is 0.258. The third kappa shape index (κ3) is 2.88. The van der Waals surface area contributed by atoms with E-state index in [2.05, 4.69) is 0 Å². The van der Waals surface area contributed by atoms with E-state index in [1.54, 1.807) is 54.6 Å². The minimum atomic E-state index is -3.47. The summed E-state index contributed by atoms with van der Waals surface area (Å²) in [6, 6.07) is 15.0. The molecule has 2 aromatic carbocycles. The number of benzene rings is 2. The van der Waals surface area contributed by atoms with Crippen molar-refractivity contribution in [1.29, 1.82) is 0 Å². The van der Waals surface area contributed by atoms with E-state index in [4.69, 9.17) is 9.31 Å². The van der Waals surface area contributed by atoms with Gasteiger partial charge in [0, 0.05) is 0 Å². The highest BCUT2D eigenvalue weighted by molar-refractivity contribution is 7.91. The molecule has 108 valence electrons. The number of hydrogen-bond acceptors (Lipinski definition) is 4. The quantitative estimate of drug-likeness (QED) is 0.809. The summed E-state index contributed by atoms with van der Waals surface area (Å²) >= 11 is 0. The molecule has 3 rings (SSSR count). The van der Waals surface area contributed by atoms with Crippen molar-refractivity contribution in [3.05, 3.63) is 54.6 Å². The fourth-order valence-corrected chi connectivity index (χ4v) is 3.51. The maximum absolute atomic E-state index is 12.5. The first kappa shape index (κ1) is 14.3. The lowest BCUT2D eigenvalue weighted by atomic mass is 9.79. The van der Waals surface area contributed by atoms with Gasteiger partial charge < -0.3 is 9.31 Å². The van der Waals surface area contributed by atoms with Crippen molar-refractivity contribution < 1.29 is 17.7 Å². The fourth-order valence-electron chi connectivity index (χ4n) is 2.23. The first-order valence-corrected chi connectivity index (χ1v) is 8.23. The van der Waals surface area contributed by atoms with Gasteiger partial charge in [-0.05, 0) is 36.7 Å². The molecule has 0 bridgehead atoms. The molecular weight excluding hydrogens is 287 g/mol. The summed E-state index contributed by atoms with van der Waals surface area (Å²) in [5.74, 6) is 0. The molecule has 1 aliphatic heterocycles. The molecule has 1 unspecified atom stereocenters. The summed E-state index contributed by atoms with van der Waals surface area (Å²) in [5.41, 5.74) is 0.825. The molecule has 1 atom stereocenters. The second-order valence-electron chi connectivity index (χ2n) is 5.00. The van der Waals surface area contributed by atoms with Crippen molar-refractivity contribution in [2.45, 2.75) is 22.8 Å². The lowest BCUT2D eigenvalue weighted by Gasteiger charge is -2.08. The van der Waals surface area contributed by atoms with Gasteiger partial charge in [-0.3, -0.25) is 0 Å². The van der Waals surface area contributed by atoms with Gasteiger partial charge in [-0.15, -0.1) is 0 Å². The van der Waals surface area contributed by atoms with Crippen LogP contribution in [0.25, 0.3) is 0 Å². The summed E-state index contributed by atoms with van der Waals surface area (Å²) in [7, 11) is -3.88. The van der Waals surface area contributed by atoms with Gasteiger partial charge in [0.2, 0.25) is 9.84 Å². The lowest BCUT2D eigenvalue weighted by Crippen LogP contribution is -2.32. The smallest absolute Gasteiger partial charge is 0.405 e. The third-order valence-corrected chi connectivity index (χ3v) is 5.14. The van der Waals surface area contributed by atoms with Crippen LogP contribution in [0.4, 0.5) is 0 Å². The van der Waals surface area contributed by atoms with E-state index in [1.807, 2.05) is 6.92 Å². The second-order valence-corrected chi connectivity index (χ2v) is 6.95. The Morgan fingerprint density at radius 3 is 2.19 bits per heavy atom. The normalized spacial score (nSPS) is 18.9. The molecule has 1 fully saturated rings. The zero-order chi connectivity index (χ0) is 14.9. The predicted octanol–water partition coefficient (Wildman–Crippen LogP) is 1.65. The fraction of sp³-hybridized carbons (Fsp3) is 0.200. The van der Waals surface area contributed by atoms with Crippen LogP contribution in [0.5, 0.6) is 0 Å². The van der Waals surface area contributed by atoms with Crippen LogP contribution >= 0.6 is 0 Å².